The van der Waals surface area contributed by atoms with Crippen LogP contribution in [-0.4, -0.2) is 86.2 Å². The monoisotopic (exact) mass is 583 g/mol. The van der Waals surface area contributed by atoms with Gasteiger partial charge in [-0.2, -0.15) is 0 Å². The van der Waals surface area contributed by atoms with Crippen LogP contribution in [0.1, 0.15) is 98.8 Å². The number of amides is 3. The van der Waals surface area contributed by atoms with Gasteiger partial charge in [0.25, 0.3) is 0 Å². The number of unbranched alkanes of at least 4 members (excludes halogenated alkanes) is 1. The third-order valence-corrected chi connectivity index (χ3v) is 6.40. The summed E-state index contributed by atoms with van der Waals surface area (Å²) in [7, 11) is 3.58. The number of carbonyl (C=O) groups is 7. The van der Waals surface area contributed by atoms with Crippen LogP contribution in [0.2, 0.25) is 0 Å². The Bertz CT molecular complexity index is 834. The molecule has 0 spiro atoms. The minimum atomic E-state index is -0.835. The highest BCUT2D eigenvalue weighted by Crippen LogP contribution is 2.08. The van der Waals surface area contributed by atoms with E-state index in [1.165, 1.54) is 20.8 Å². The molecule has 0 saturated carbocycles. The highest BCUT2D eigenvalue weighted by molar-refractivity contribution is 5.86. The first-order chi connectivity index (χ1) is 19.3. The van der Waals surface area contributed by atoms with Gasteiger partial charge in [0, 0.05) is 44.3 Å². The number of carbonyl (C=O) groups excluding carboxylic acids is 7. The average molecular weight is 584 g/mol. The molecule has 0 aromatic carbocycles. The van der Waals surface area contributed by atoms with Crippen LogP contribution in [0, 0.1) is 0 Å². The molecule has 0 rings (SSSR count). The van der Waals surface area contributed by atoms with E-state index < -0.39 is 24.0 Å². The Labute approximate surface area is 245 Å². The Morgan fingerprint density at radius 1 is 0.659 bits per heavy atom. The Balaban J connectivity index is 0. The van der Waals surface area contributed by atoms with Crippen LogP contribution < -0.4 is 26.6 Å². The summed E-state index contributed by atoms with van der Waals surface area (Å²) >= 11 is 0. The second-order valence-electron chi connectivity index (χ2n) is 10.5. The van der Waals surface area contributed by atoms with E-state index in [-0.39, 0.29) is 48.3 Å². The number of nitrogens with one attached hydrogen (secondary N) is 5. The summed E-state index contributed by atoms with van der Waals surface area (Å²) in [5, 5.41) is 14.0. The summed E-state index contributed by atoms with van der Waals surface area (Å²) in [6.07, 6.45) is 5.18. The molecule has 5 N–H and O–H groups in total. The minimum absolute atomic E-state index is 0.0310. The van der Waals surface area contributed by atoms with E-state index >= 15 is 0 Å². The third kappa shape index (κ3) is 24.5. The van der Waals surface area contributed by atoms with Gasteiger partial charge < -0.3 is 41.0 Å². The van der Waals surface area contributed by atoms with Crippen LogP contribution in [0.15, 0.2) is 0 Å². The summed E-state index contributed by atoms with van der Waals surface area (Å²) in [6, 6.07) is -1.20. The Morgan fingerprint density at radius 2 is 1.20 bits per heavy atom. The zero-order chi connectivity index (χ0) is 31.8. The van der Waals surface area contributed by atoms with Crippen molar-refractivity contribution in [2.24, 2.45) is 0 Å². The van der Waals surface area contributed by atoms with Crippen LogP contribution in [0.4, 0.5) is 0 Å². The summed E-state index contributed by atoms with van der Waals surface area (Å²) in [6.45, 7) is 8.48. The van der Waals surface area contributed by atoms with Crippen LogP contribution >= 0.6 is 0 Å². The predicted molar refractivity (Wildman–Crippen MR) is 158 cm³/mol. The van der Waals surface area contributed by atoms with E-state index in [1.807, 2.05) is 7.05 Å². The maximum Gasteiger partial charge on any atom is 0.242 e. The predicted octanol–water partition coefficient (Wildman–Crippen LogP) is 1.14. The molecule has 41 heavy (non-hydrogen) atoms. The summed E-state index contributed by atoms with van der Waals surface area (Å²) in [5.41, 5.74) is 0. The number of Topliss-reactive ketones (excluding diaryl/α,β-unsaturated/α-hetero) is 4. The van der Waals surface area contributed by atoms with Gasteiger partial charge >= 0.3 is 0 Å². The molecule has 0 saturated heterocycles. The van der Waals surface area contributed by atoms with Crippen molar-refractivity contribution < 1.29 is 33.6 Å². The van der Waals surface area contributed by atoms with E-state index in [0.29, 0.717) is 57.5 Å². The zero-order valence-corrected chi connectivity index (χ0v) is 26.0. The average Bonchev–Trinajstić information content (AvgIpc) is 2.89. The lowest BCUT2D eigenvalue weighted by atomic mass is 10.0. The number of hydrogen-bond acceptors (Lipinski definition) is 9. The molecule has 236 valence electrons. The van der Waals surface area contributed by atoms with Gasteiger partial charge in [-0.1, -0.05) is 0 Å². The third-order valence-electron chi connectivity index (χ3n) is 6.40. The van der Waals surface area contributed by atoms with E-state index in [0.717, 1.165) is 6.42 Å². The van der Waals surface area contributed by atoms with E-state index in [9.17, 15) is 33.6 Å². The molecule has 0 aliphatic carbocycles. The number of hydrogen-bond donors (Lipinski definition) is 5. The standard InChI is InChI=1S/C22H38N4O6.C7H15NO/c1-15(28)8-10-19(23-4)21(31)24-12-6-5-7-18(13-17(3)30)26-22(32)20(25-14-27)11-9-16(2)29;1-6(8-3)4-5-7(2)9/h14,18-20,23H,5-13H2,1-4H3,(H,24,31)(H,25,27)(H,26,32);6,8H,4-5H2,1-3H3. The molecule has 0 radical (unpaired) electrons. The molecule has 12 heteroatoms. The highest BCUT2D eigenvalue weighted by atomic mass is 16.2. The lowest BCUT2D eigenvalue weighted by molar-refractivity contribution is -0.127. The first-order valence-electron chi connectivity index (χ1n) is 14.4. The molecular formula is C29H53N5O7. The molecule has 4 unspecified atom stereocenters. The van der Waals surface area contributed by atoms with Gasteiger partial charge in [0.1, 0.15) is 29.2 Å². The Kier molecular flexibility index (Phi) is 24.3. The van der Waals surface area contributed by atoms with E-state index in [1.54, 1.807) is 14.0 Å². The van der Waals surface area contributed by atoms with Crippen molar-refractivity contribution >= 4 is 41.4 Å². The van der Waals surface area contributed by atoms with Crippen molar-refractivity contribution in [2.75, 3.05) is 20.6 Å². The van der Waals surface area contributed by atoms with Gasteiger partial charge in [-0.15, -0.1) is 0 Å². The van der Waals surface area contributed by atoms with Gasteiger partial charge in [-0.3, -0.25) is 19.2 Å². The number of likely N-dealkylation sites (N-methyl/N-ethyl adjacent to an activating group) is 1. The normalized spacial score (nSPS) is 13.3. The Hall–Kier alpha value is -2.99. The van der Waals surface area contributed by atoms with Crippen molar-refractivity contribution in [1.82, 2.24) is 26.6 Å². The fourth-order valence-corrected chi connectivity index (χ4v) is 3.76. The fourth-order valence-electron chi connectivity index (χ4n) is 3.76. The van der Waals surface area contributed by atoms with Crippen LogP contribution in [0.3, 0.4) is 0 Å². The maximum atomic E-state index is 12.5. The lowest BCUT2D eigenvalue weighted by Gasteiger charge is -2.22. The van der Waals surface area contributed by atoms with Crippen molar-refractivity contribution in [3.8, 4) is 0 Å². The highest BCUT2D eigenvalue weighted by Gasteiger charge is 2.22. The quantitative estimate of drug-likeness (QED) is 0.0871. The molecule has 4 atom stereocenters. The molecule has 0 bridgehead atoms. The lowest BCUT2D eigenvalue weighted by Crippen LogP contribution is -2.48. The zero-order valence-electron chi connectivity index (χ0n) is 26.0. The maximum absolute atomic E-state index is 12.5. The molecule has 0 fully saturated rings. The van der Waals surface area contributed by atoms with Gasteiger partial charge in [-0.25, -0.2) is 0 Å². The Morgan fingerprint density at radius 3 is 1.66 bits per heavy atom. The molecular weight excluding hydrogens is 530 g/mol. The van der Waals surface area contributed by atoms with E-state index in [4.69, 9.17) is 0 Å². The molecule has 3 amide bonds. The van der Waals surface area contributed by atoms with Crippen LogP contribution in [-0.2, 0) is 33.6 Å². The topological polar surface area (TPSA) is 180 Å². The van der Waals surface area contributed by atoms with Crippen molar-refractivity contribution in [1.29, 1.82) is 0 Å². The van der Waals surface area contributed by atoms with Gasteiger partial charge in [0.05, 0.1) is 6.04 Å². The summed E-state index contributed by atoms with van der Waals surface area (Å²) in [5.74, 6) is -0.453. The molecule has 12 nitrogen and oxygen atoms in total. The first-order valence-corrected chi connectivity index (χ1v) is 14.4. The van der Waals surface area contributed by atoms with Crippen molar-refractivity contribution in [2.45, 2.75) is 123 Å². The molecule has 0 aromatic rings. The fraction of sp³-hybridized carbons (Fsp3) is 0.759. The molecule has 0 aromatic heterocycles. The van der Waals surface area contributed by atoms with Crippen LogP contribution in [0.25, 0.3) is 0 Å². The second-order valence-corrected chi connectivity index (χ2v) is 10.5. The van der Waals surface area contributed by atoms with Crippen molar-refractivity contribution in [3.63, 3.8) is 0 Å². The van der Waals surface area contributed by atoms with Gasteiger partial charge in [0.2, 0.25) is 18.2 Å². The summed E-state index contributed by atoms with van der Waals surface area (Å²) in [4.78, 5) is 79.8. The smallest absolute Gasteiger partial charge is 0.242 e. The number of ketones is 4. The van der Waals surface area contributed by atoms with Crippen molar-refractivity contribution in [3.05, 3.63) is 0 Å². The molecule has 0 aliphatic heterocycles. The second kappa shape index (κ2) is 24.8. The molecule has 0 heterocycles. The van der Waals surface area contributed by atoms with Crippen LogP contribution in [0.5, 0.6) is 0 Å². The summed E-state index contributed by atoms with van der Waals surface area (Å²) < 4.78 is 0. The first kappa shape index (κ1) is 40.2. The van der Waals surface area contributed by atoms with Gasteiger partial charge in [-0.05, 0) is 87.2 Å². The van der Waals surface area contributed by atoms with Gasteiger partial charge in [0.15, 0.2) is 0 Å². The minimum Gasteiger partial charge on any atom is -0.355 e. The molecule has 0 aliphatic rings. The SMILES string of the molecule is CNC(C)CCC(C)=O.CNC(CCC(C)=O)C(=O)NCCCCC(CC(C)=O)NC(=O)C(CCC(C)=O)NC=O. The largest absolute Gasteiger partial charge is 0.355 e. The van der Waals surface area contributed by atoms with E-state index in [2.05, 4.69) is 33.5 Å². The number of rotatable bonds is 23.